The zero-order valence-electron chi connectivity index (χ0n) is 8.57. The van der Waals surface area contributed by atoms with Crippen LogP contribution in [-0.4, -0.2) is 4.98 Å². The summed E-state index contributed by atoms with van der Waals surface area (Å²) in [5.74, 6) is 0. The van der Waals surface area contributed by atoms with Gasteiger partial charge in [-0.05, 0) is 22.0 Å². The minimum absolute atomic E-state index is 0.530. The van der Waals surface area contributed by atoms with Gasteiger partial charge in [-0.15, -0.1) is 22.7 Å². The normalized spacial score (nSPS) is 10.9. The number of nitrogens with zero attached hydrogens (tertiary/aromatic N) is 1. The van der Waals surface area contributed by atoms with Crippen molar-refractivity contribution < 1.29 is 0 Å². The molecule has 6 heteroatoms. The molecule has 86 valence electrons. The second kappa shape index (κ2) is 5.88. The van der Waals surface area contributed by atoms with Crippen LogP contribution in [-0.2, 0) is 19.6 Å². The van der Waals surface area contributed by atoms with Gasteiger partial charge in [-0.25, -0.2) is 4.98 Å². The number of hydrogen-bond donors (Lipinski definition) is 2. The lowest BCUT2D eigenvalue weighted by molar-refractivity contribution is 0.687. The van der Waals surface area contributed by atoms with Crippen molar-refractivity contribution in [2.45, 2.75) is 19.6 Å². The van der Waals surface area contributed by atoms with Gasteiger partial charge in [0.25, 0.3) is 0 Å². The first-order chi connectivity index (χ1) is 7.78. The Hall–Kier alpha value is -0.270. The number of hydrogen-bond acceptors (Lipinski definition) is 5. The van der Waals surface area contributed by atoms with E-state index in [2.05, 4.69) is 43.1 Å². The fraction of sp³-hybridized carbons (Fsp3) is 0.300. The molecule has 0 saturated heterocycles. The number of aromatic nitrogens is 1. The molecule has 2 aromatic rings. The molecule has 0 atom stereocenters. The predicted octanol–water partition coefficient (Wildman–Crippen LogP) is 2.72. The van der Waals surface area contributed by atoms with Crippen molar-refractivity contribution in [2.24, 2.45) is 5.73 Å². The smallest absolute Gasteiger partial charge is 0.106 e. The van der Waals surface area contributed by atoms with E-state index in [-0.39, 0.29) is 0 Å². The zero-order valence-corrected chi connectivity index (χ0v) is 11.8. The highest BCUT2D eigenvalue weighted by Gasteiger charge is 2.01. The molecule has 0 unspecified atom stereocenters. The predicted molar refractivity (Wildman–Crippen MR) is 72.6 cm³/mol. The molecule has 0 aromatic carbocycles. The van der Waals surface area contributed by atoms with Gasteiger partial charge in [0.05, 0.1) is 5.69 Å². The second-order valence-corrected chi connectivity index (χ2v) is 6.13. The van der Waals surface area contributed by atoms with Gasteiger partial charge in [0.1, 0.15) is 5.01 Å². The number of rotatable bonds is 5. The molecular weight excluding hydrogens is 306 g/mol. The van der Waals surface area contributed by atoms with E-state index in [9.17, 15) is 0 Å². The van der Waals surface area contributed by atoms with Crippen molar-refractivity contribution in [1.29, 1.82) is 0 Å². The number of nitrogens with one attached hydrogen (secondary N) is 1. The molecule has 0 saturated carbocycles. The van der Waals surface area contributed by atoms with Crippen LogP contribution < -0.4 is 11.1 Å². The van der Waals surface area contributed by atoms with Gasteiger partial charge in [-0.2, -0.15) is 0 Å². The molecule has 3 N–H and O–H groups in total. The summed E-state index contributed by atoms with van der Waals surface area (Å²) >= 11 is 6.81. The van der Waals surface area contributed by atoms with Gasteiger partial charge >= 0.3 is 0 Å². The monoisotopic (exact) mass is 317 g/mol. The average Bonchev–Trinajstić information content (AvgIpc) is 2.88. The molecule has 2 aromatic heterocycles. The van der Waals surface area contributed by atoms with Gasteiger partial charge in [0, 0.05) is 39.7 Å². The summed E-state index contributed by atoms with van der Waals surface area (Å²) in [7, 11) is 0. The summed E-state index contributed by atoms with van der Waals surface area (Å²) in [4.78, 5) is 5.71. The van der Waals surface area contributed by atoms with Crippen molar-refractivity contribution >= 4 is 38.6 Å². The average molecular weight is 318 g/mol. The first kappa shape index (κ1) is 12.2. The quantitative estimate of drug-likeness (QED) is 0.891. The van der Waals surface area contributed by atoms with Crippen LogP contribution in [0, 0.1) is 0 Å². The number of thiophene rings is 1. The van der Waals surface area contributed by atoms with Crippen molar-refractivity contribution in [3.63, 3.8) is 0 Å². The van der Waals surface area contributed by atoms with Crippen LogP contribution in [0.4, 0.5) is 0 Å². The third-order valence-corrected chi connectivity index (χ3v) is 4.62. The Kier molecular flexibility index (Phi) is 4.48. The number of thiazole rings is 1. The molecule has 0 fully saturated rings. The Bertz CT molecular complexity index is 452. The second-order valence-electron chi connectivity index (χ2n) is 3.27. The van der Waals surface area contributed by atoms with E-state index >= 15 is 0 Å². The molecule has 0 radical (unpaired) electrons. The molecule has 0 aliphatic carbocycles. The SMILES string of the molecule is NCc1nc(CNCc2cc(Br)cs2)cs1. The van der Waals surface area contributed by atoms with E-state index in [0.717, 1.165) is 28.3 Å². The molecule has 0 aliphatic rings. The molecule has 16 heavy (non-hydrogen) atoms. The zero-order chi connectivity index (χ0) is 11.4. The molecule has 0 spiro atoms. The topological polar surface area (TPSA) is 50.9 Å². The molecule has 0 aliphatic heterocycles. The first-order valence-electron chi connectivity index (χ1n) is 4.85. The molecular formula is C10H12BrN3S2. The Morgan fingerprint density at radius 3 is 2.81 bits per heavy atom. The first-order valence-corrected chi connectivity index (χ1v) is 7.40. The van der Waals surface area contributed by atoms with E-state index in [1.54, 1.807) is 22.7 Å². The summed E-state index contributed by atoms with van der Waals surface area (Å²) in [6.45, 7) is 2.21. The van der Waals surface area contributed by atoms with Crippen LogP contribution in [0.5, 0.6) is 0 Å². The Labute approximate surface area is 111 Å². The molecule has 0 bridgehead atoms. The summed E-state index contributed by atoms with van der Waals surface area (Å²) in [6.07, 6.45) is 0. The largest absolute Gasteiger partial charge is 0.325 e. The van der Waals surface area contributed by atoms with E-state index in [4.69, 9.17) is 5.73 Å². The van der Waals surface area contributed by atoms with E-state index in [1.165, 1.54) is 4.88 Å². The van der Waals surface area contributed by atoms with Crippen LogP contribution >= 0.6 is 38.6 Å². The fourth-order valence-corrected chi connectivity index (χ4v) is 3.38. The van der Waals surface area contributed by atoms with Crippen molar-refractivity contribution in [1.82, 2.24) is 10.3 Å². The van der Waals surface area contributed by atoms with Gasteiger partial charge in [-0.3, -0.25) is 0 Å². The third-order valence-electron chi connectivity index (χ3n) is 2.00. The van der Waals surface area contributed by atoms with Crippen LogP contribution in [0.15, 0.2) is 21.3 Å². The number of nitrogens with two attached hydrogens (primary N) is 1. The van der Waals surface area contributed by atoms with Gasteiger partial charge in [0.2, 0.25) is 0 Å². The standard InChI is InChI=1S/C10H12BrN3S2/c11-7-1-9(15-5-7)4-13-3-8-6-16-10(2-12)14-8/h1,5-6,13H,2-4,12H2. The fourth-order valence-electron chi connectivity index (χ4n) is 1.28. The summed E-state index contributed by atoms with van der Waals surface area (Å²) in [6, 6.07) is 2.13. The highest BCUT2D eigenvalue weighted by Crippen LogP contribution is 2.19. The third kappa shape index (κ3) is 3.36. The molecule has 3 nitrogen and oxygen atoms in total. The van der Waals surface area contributed by atoms with Crippen molar-refractivity contribution in [3.8, 4) is 0 Å². The lowest BCUT2D eigenvalue weighted by atomic mass is 10.4. The van der Waals surface area contributed by atoms with Crippen molar-refractivity contribution in [2.75, 3.05) is 0 Å². The maximum atomic E-state index is 5.51. The maximum Gasteiger partial charge on any atom is 0.106 e. The Morgan fingerprint density at radius 2 is 2.19 bits per heavy atom. The molecule has 2 rings (SSSR count). The van der Waals surface area contributed by atoms with Gasteiger partial charge in [0.15, 0.2) is 0 Å². The van der Waals surface area contributed by atoms with E-state index in [0.29, 0.717) is 6.54 Å². The van der Waals surface area contributed by atoms with Crippen LogP contribution in [0.25, 0.3) is 0 Å². The van der Waals surface area contributed by atoms with Crippen molar-refractivity contribution in [3.05, 3.63) is 36.9 Å². The Balaban J connectivity index is 1.79. The summed E-state index contributed by atoms with van der Waals surface area (Å²) in [5.41, 5.74) is 6.58. The van der Waals surface area contributed by atoms with Crippen LogP contribution in [0.1, 0.15) is 15.6 Å². The lowest BCUT2D eigenvalue weighted by Gasteiger charge is -1.99. The number of halogens is 1. The summed E-state index contributed by atoms with van der Waals surface area (Å²) in [5, 5.41) is 8.50. The minimum atomic E-state index is 0.530. The van der Waals surface area contributed by atoms with Gasteiger partial charge < -0.3 is 11.1 Å². The minimum Gasteiger partial charge on any atom is -0.325 e. The van der Waals surface area contributed by atoms with Crippen LogP contribution in [0.3, 0.4) is 0 Å². The van der Waals surface area contributed by atoms with Gasteiger partial charge in [-0.1, -0.05) is 0 Å². The Morgan fingerprint density at radius 1 is 1.31 bits per heavy atom. The van der Waals surface area contributed by atoms with Crippen LogP contribution in [0.2, 0.25) is 0 Å². The molecule has 0 amide bonds. The molecule has 2 heterocycles. The highest BCUT2D eigenvalue weighted by molar-refractivity contribution is 9.10. The van der Waals surface area contributed by atoms with E-state index < -0.39 is 0 Å². The van der Waals surface area contributed by atoms with E-state index in [1.807, 2.05) is 0 Å². The maximum absolute atomic E-state index is 5.51. The highest BCUT2D eigenvalue weighted by atomic mass is 79.9. The summed E-state index contributed by atoms with van der Waals surface area (Å²) < 4.78 is 1.15. The lowest BCUT2D eigenvalue weighted by Crippen LogP contribution is -2.12.